The normalized spacial score (nSPS) is 24.7. The summed E-state index contributed by atoms with van der Waals surface area (Å²) in [6.45, 7) is 6.43. The second-order valence-corrected chi connectivity index (χ2v) is 5.20. The highest BCUT2D eigenvalue weighted by molar-refractivity contribution is 5.85. The molecule has 0 aromatic heterocycles. The van der Waals surface area contributed by atoms with E-state index in [9.17, 15) is 4.79 Å². The lowest BCUT2D eigenvalue weighted by Crippen LogP contribution is -2.49. The van der Waals surface area contributed by atoms with E-state index in [1.54, 1.807) is 0 Å². The number of aliphatic hydroxyl groups is 1. The number of alkyl carbamates (subject to hydrolysis) is 1. The summed E-state index contributed by atoms with van der Waals surface area (Å²) in [6, 6.07) is 0.168. The van der Waals surface area contributed by atoms with Crippen LogP contribution < -0.4 is 10.6 Å². The topological polar surface area (TPSA) is 70.6 Å². The van der Waals surface area contributed by atoms with E-state index in [1.165, 1.54) is 0 Å². The molecule has 0 aliphatic carbocycles. The molecular formula is C11H23ClN2O3. The van der Waals surface area contributed by atoms with Gasteiger partial charge in [-0.3, -0.25) is 0 Å². The van der Waals surface area contributed by atoms with Crippen molar-refractivity contribution in [2.45, 2.75) is 51.3 Å². The standard InChI is InChI=1S/C11H22N2O3.ClH/c1-11(2,3)16-10(15)13-8-4-5-12-9(6-8)7-14;/h8-9,12,14H,4-7H2,1-3H3,(H,13,15);1H/t8-,9-;/m1./s1. The molecule has 0 bridgehead atoms. The number of rotatable bonds is 2. The van der Waals surface area contributed by atoms with Crippen LogP contribution in [0.1, 0.15) is 33.6 Å². The van der Waals surface area contributed by atoms with Crippen molar-refractivity contribution in [3.05, 3.63) is 0 Å². The van der Waals surface area contributed by atoms with Crippen LogP contribution in [-0.2, 0) is 4.74 Å². The van der Waals surface area contributed by atoms with E-state index in [0.29, 0.717) is 0 Å². The minimum atomic E-state index is -0.465. The summed E-state index contributed by atoms with van der Waals surface area (Å²) >= 11 is 0. The molecule has 0 aromatic carbocycles. The molecule has 5 nitrogen and oxygen atoms in total. The van der Waals surface area contributed by atoms with Crippen LogP contribution in [0.3, 0.4) is 0 Å². The number of hydrogen-bond donors (Lipinski definition) is 3. The Morgan fingerprint density at radius 1 is 1.53 bits per heavy atom. The van der Waals surface area contributed by atoms with E-state index in [1.807, 2.05) is 20.8 Å². The fourth-order valence-corrected chi connectivity index (χ4v) is 1.75. The number of ether oxygens (including phenoxy) is 1. The third-order valence-corrected chi connectivity index (χ3v) is 2.44. The average molecular weight is 267 g/mol. The lowest BCUT2D eigenvalue weighted by Gasteiger charge is -2.30. The molecule has 1 aliphatic rings. The SMILES string of the molecule is CC(C)(C)OC(=O)N[C@@H]1CCN[C@@H](CO)C1.Cl. The molecule has 0 radical (unpaired) electrons. The number of aliphatic hydroxyl groups excluding tert-OH is 1. The van der Waals surface area contributed by atoms with Crippen molar-refractivity contribution >= 4 is 18.5 Å². The molecule has 0 aromatic rings. The Morgan fingerprint density at radius 3 is 2.71 bits per heavy atom. The highest BCUT2D eigenvalue weighted by Crippen LogP contribution is 2.11. The second-order valence-electron chi connectivity index (χ2n) is 5.20. The third kappa shape index (κ3) is 6.71. The average Bonchev–Trinajstić information content (AvgIpc) is 2.15. The predicted molar refractivity (Wildman–Crippen MR) is 68.5 cm³/mol. The zero-order valence-corrected chi connectivity index (χ0v) is 11.5. The van der Waals surface area contributed by atoms with Gasteiger partial charge >= 0.3 is 6.09 Å². The van der Waals surface area contributed by atoms with E-state index in [2.05, 4.69) is 10.6 Å². The van der Waals surface area contributed by atoms with Crippen LogP contribution in [0.4, 0.5) is 4.79 Å². The van der Waals surface area contributed by atoms with Crippen LogP contribution >= 0.6 is 12.4 Å². The van der Waals surface area contributed by atoms with E-state index in [0.717, 1.165) is 19.4 Å². The van der Waals surface area contributed by atoms with Crippen LogP contribution in [0, 0.1) is 0 Å². The Morgan fingerprint density at radius 2 is 2.18 bits per heavy atom. The number of nitrogens with one attached hydrogen (secondary N) is 2. The predicted octanol–water partition coefficient (Wildman–Crippen LogP) is 1.05. The molecule has 1 amide bonds. The number of halogens is 1. The molecular weight excluding hydrogens is 244 g/mol. The van der Waals surface area contributed by atoms with Gasteiger partial charge in [0.15, 0.2) is 0 Å². The van der Waals surface area contributed by atoms with Gasteiger partial charge in [-0.1, -0.05) is 0 Å². The van der Waals surface area contributed by atoms with Crippen LogP contribution in [0.15, 0.2) is 0 Å². The third-order valence-electron chi connectivity index (χ3n) is 2.44. The lowest BCUT2D eigenvalue weighted by atomic mass is 10.0. The maximum Gasteiger partial charge on any atom is 0.407 e. The molecule has 2 atom stereocenters. The number of amides is 1. The molecule has 102 valence electrons. The molecule has 0 saturated carbocycles. The fraction of sp³-hybridized carbons (Fsp3) is 0.909. The minimum Gasteiger partial charge on any atom is -0.444 e. The van der Waals surface area contributed by atoms with Gasteiger partial charge in [-0.15, -0.1) is 12.4 Å². The van der Waals surface area contributed by atoms with Crippen LogP contribution in [0.5, 0.6) is 0 Å². The van der Waals surface area contributed by atoms with Gasteiger partial charge in [-0.05, 0) is 40.2 Å². The zero-order chi connectivity index (χ0) is 12.2. The molecule has 1 rings (SSSR count). The van der Waals surface area contributed by atoms with Crippen molar-refractivity contribution in [1.82, 2.24) is 10.6 Å². The van der Waals surface area contributed by atoms with Crippen molar-refractivity contribution in [3.63, 3.8) is 0 Å². The first-order chi connectivity index (χ1) is 7.40. The van der Waals surface area contributed by atoms with Crippen molar-refractivity contribution in [2.24, 2.45) is 0 Å². The van der Waals surface area contributed by atoms with Gasteiger partial charge in [0, 0.05) is 12.1 Å². The van der Waals surface area contributed by atoms with Gasteiger partial charge in [-0.25, -0.2) is 4.79 Å². The highest BCUT2D eigenvalue weighted by atomic mass is 35.5. The van der Waals surface area contributed by atoms with E-state index >= 15 is 0 Å². The lowest BCUT2D eigenvalue weighted by molar-refractivity contribution is 0.0484. The summed E-state index contributed by atoms with van der Waals surface area (Å²) in [7, 11) is 0. The first-order valence-electron chi connectivity index (χ1n) is 5.74. The zero-order valence-electron chi connectivity index (χ0n) is 10.7. The Labute approximate surface area is 109 Å². The van der Waals surface area contributed by atoms with Gasteiger partial charge < -0.3 is 20.5 Å². The molecule has 17 heavy (non-hydrogen) atoms. The smallest absolute Gasteiger partial charge is 0.407 e. The summed E-state index contributed by atoms with van der Waals surface area (Å²) in [6.07, 6.45) is 1.24. The minimum absolute atomic E-state index is 0. The number of carbonyl (C=O) groups is 1. The highest BCUT2D eigenvalue weighted by Gasteiger charge is 2.24. The summed E-state index contributed by atoms with van der Waals surface area (Å²) in [5, 5.41) is 15.0. The van der Waals surface area contributed by atoms with E-state index < -0.39 is 5.60 Å². The van der Waals surface area contributed by atoms with Crippen molar-refractivity contribution in [2.75, 3.05) is 13.2 Å². The van der Waals surface area contributed by atoms with E-state index in [4.69, 9.17) is 9.84 Å². The van der Waals surface area contributed by atoms with Gasteiger partial charge in [0.25, 0.3) is 0 Å². The number of piperidine rings is 1. The summed E-state index contributed by atoms with van der Waals surface area (Å²) < 4.78 is 5.18. The molecule has 1 aliphatic heterocycles. The molecule has 1 heterocycles. The van der Waals surface area contributed by atoms with Crippen molar-refractivity contribution in [1.29, 1.82) is 0 Å². The van der Waals surface area contributed by atoms with Gasteiger partial charge in [-0.2, -0.15) is 0 Å². The molecule has 1 saturated heterocycles. The second kappa shape index (κ2) is 7.03. The van der Waals surface area contributed by atoms with Crippen LogP contribution in [0.25, 0.3) is 0 Å². The Hall–Kier alpha value is -0.520. The monoisotopic (exact) mass is 266 g/mol. The Kier molecular flexibility index (Phi) is 6.82. The van der Waals surface area contributed by atoms with Gasteiger partial charge in [0.2, 0.25) is 0 Å². The molecule has 0 spiro atoms. The van der Waals surface area contributed by atoms with Crippen LogP contribution in [-0.4, -0.2) is 42.0 Å². The fourth-order valence-electron chi connectivity index (χ4n) is 1.75. The summed E-state index contributed by atoms with van der Waals surface area (Å²) in [4.78, 5) is 11.5. The number of hydrogen-bond acceptors (Lipinski definition) is 4. The Bertz CT molecular complexity index is 243. The maximum atomic E-state index is 11.5. The molecule has 1 fully saturated rings. The van der Waals surface area contributed by atoms with Crippen molar-refractivity contribution < 1.29 is 14.6 Å². The van der Waals surface area contributed by atoms with E-state index in [-0.39, 0.29) is 37.2 Å². The Balaban J connectivity index is 0.00000256. The quantitative estimate of drug-likeness (QED) is 0.699. The summed E-state index contributed by atoms with van der Waals surface area (Å²) in [5.74, 6) is 0. The van der Waals surface area contributed by atoms with Gasteiger partial charge in [0.05, 0.1) is 6.61 Å². The molecule has 0 unspecified atom stereocenters. The molecule has 3 N–H and O–H groups in total. The van der Waals surface area contributed by atoms with Crippen LogP contribution in [0.2, 0.25) is 0 Å². The first kappa shape index (κ1) is 16.5. The van der Waals surface area contributed by atoms with Gasteiger partial charge in [0.1, 0.15) is 5.60 Å². The van der Waals surface area contributed by atoms with Crippen molar-refractivity contribution in [3.8, 4) is 0 Å². The maximum absolute atomic E-state index is 11.5. The first-order valence-corrected chi connectivity index (χ1v) is 5.74. The largest absolute Gasteiger partial charge is 0.444 e. The number of carbonyl (C=O) groups excluding carboxylic acids is 1. The molecule has 6 heteroatoms. The summed E-state index contributed by atoms with van der Waals surface area (Å²) in [5.41, 5.74) is -0.465.